The van der Waals surface area contributed by atoms with Gasteiger partial charge in [-0.25, -0.2) is 0 Å². The van der Waals surface area contributed by atoms with Crippen molar-refractivity contribution < 1.29 is 4.74 Å². The summed E-state index contributed by atoms with van der Waals surface area (Å²) in [6.45, 7) is 17.7. The molecular weight excluding hydrogens is 328 g/mol. The Balaban J connectivity index is 2.14. The smallest absolute Gasteiger partial charge is 0.0887 e. The van der Waals surface area contributed by atoms with E-state index < -0.39 is 0 Å². The summed E-state index contributed by atoms with van der Waals surface area (Å²) in [6, 6.07) is 17.9. The first-order valence-corrected chi connectivity index (χ1v) is 10.4. The quantitative estimate of drug-likeness (QED) is 0.477. The molecule has 0 aliphatic heterocycles. The van der Waals surface area contributed by atoms with Crippen LogP contribution in [0.3, 0.4) is 0 Å². The van der Waals surface area contributed by atoms with Crippen molar-refractivity contribution in [2.75, 3.05) is 0 Å². The van der Waals surface area contributed by atoms with Gasteiger partial charge in [-0.1, -0.05) is 76.2 Å². The lowest BCUT2D eigenvalue weighted by Crippen LogP contribution is -2.33. The van der Waals surface area contributed by atoms with Gasteiger partial charge in [-0.3, -0.25) is 0 Å². The summed E-state index contributed by atoms with van der Waals surface area (Å²) in [6.07, 6.45) is 2.24. The summed E-state index contributed by atoms with van der Waals surface area (Å²) in [4.78, 5) is 0. The predicted octanol–water partition coefficient (Wildman–Crippen LogP) is 7.27. The van der Waals surface area contributed by atoms with Gasteiger partial charge in [-0.2, -0.15) is 0 Å². The van der Waals surface area contributed by atoms with Crippen molar-refractivity contribution in [3.63, 3.8) is 0 Å². The Hall–Kier alpha value is -1.60. The molecule has 0 aliphatic rings. The van der Waals surface area contributed by atoms with Gasteiger partial charge in [0.2, 0.25) is 0 Å². The van der Waals surface area contributed by atoms with Gasteiger partial charge in [0, 0.05) is 0 Å². The number of hydrogen-bond donors (Lipinski definition) is 0. The minimum Gasteiger partial charge on any atom is -0.360 e. The van der Waals surface area contributed by atoms with E-state index in [0.29, 0.717) is 11.8 Å². The van der Waals surface area contributed by atoms with Gasteiger partial charge in [0.1, 0.15) is 0 Å². The molecule has 0 spiro atoms. The molecule has 2 rings (SSSR count). The monoisotopic (exact) mass is 366 g/mol. The fourth-order valence-electron chi connectivity index (χ4n) is 3.78. The molecule has 1 heteroatoms. The SMILES string of the molecule is CC(C)Cc1ccc(C(C)(C)OC(C)(C)c2ccc(CC(C)C)cc2)cc1. The molecule has 0 fully saturated rings. The Morgan fingerprint density at radius 3 is 1.15 bits per heavy atom. The Morgan fingerprint density at radius 1 is 0.593 bits per heavy atom. The molecule has 0 aliphatic carbocycles. The van der Waals surface area contributed by atoms with Crippen LogP contribution in [0.2, 0.25) is 0 Å². The summed E-state index contributed by atoms with van der Waals surface area (Å²) >= 11 is 0. The summed E-state index contributed by atoms with van der Waals surface area (Å²) < 4.78 is 6.64. The maximum Gasteiger partial charge on any atom is 0.0887 e. The molecule has 2 aromatic rings. The average molecular weight is 367 g/mol. The standard InChI is InChI=1S/C26H38O/c1-19(2)17-21-9-13-23(14-10-21)25(5,6)27-26(7,8)24-15-11-22(12-16-24)18-20(3)4/h9-16,19-20H,17-18H2,1-8H3. The van der Waals surface area contributed by atoms with Crippen molar-refractivity contribution in [3.05, 3.63) is 70.8 Å². The zero-order valence-corrected chi connectivity index (χ0v) is 18.6. The Kier molecular flexibility index (Phi) is 6.92. The molecule has 148 valence electrons. The highest BCUT2D eigenvalue weighted by molar-refractivity contribution is 5.29. The lowest BCUT2D eigenvalue weighted by Gasteiger charge is -2.37. The van der Waals surface area contributed by atoms with Gasteiger partial charge in [-0.15, -0.1) is 0 Å². The number of rotatable bonds is 8. The fourth-order valence-corrected chi connectivity index (χ4v) is 3.78. The number of benzene rings is 2. The maximum atomic E-state index is 6.64. The van der Waals surface area contributed by atoms with E-state index in [0.717, 1.165) is 12.8 Å². The molecule has 0 radical (unpaired) electrons. The largest absolute Gasteiger partial charge is 0.360 e. The summed E-state index contributed by atoms with van der Waals surface area (Å²) in [5, 5.41) is 0. The van der Waals surface area contributed by atoms with Crippen molar-refractivity contribution in [2.24, 2.45) is 11.8 Å². The Labute approximate surface area is 167 Å². The third-order valence-electron chi connectivity index (χ3n) is 5.10. The minimum absolute atomic E-state index is 0.351. The van der Waals surface area contributed by atoms with Gasteiger partial charge in [0.05, 0.1) is 11.2 Å². The average Bonchev–Trinajstić information content (AvgIpc) is 2.53. The van der Waals surface area contributed by atoms with Crippen LogP contribution in [0.15, 0.2) is 48.5 Å². The van der Waals surface area contributed by atoms with E-state index in [-0.39, 0.29) is 11.2 Å². The first-order chi connectivity index (χ1) is 12.5. The summed E-state index contributed by atoms with van der Waals surface area (Å²) in [5.41, 5.74) is 4.53. The lowest BCUT2D eigenvalue weighted by molar-refractivity contribution is -0.132. The molecule has 0 N–H and O–H groups in total. The van der Waals surface area contributed by atoms with Crippen molar-refractivity contribution >= 4 is 0 Å². The normalized spacial score (nSPS) is 12.8. The van der Waals surface area contributed by atoms with Gasteiger partial charge in [0.15, 0.2) is 0 Å². The van der Waals surface area contributed by atoms with Crippen LogP contribution < -0.4 is 0 Å². The Bertz CT molecular complexity index is 639. The molecular formula is C26H38O. The van der Waals surface area contributed by atoms with E-state index in [4.69, 9.17) is 4.74 Å². The van der Waals surface area contributed by atoms with Crippen LogP contribution in [-0.2, 0) is 28.8 Å². The Morgan fingerprint density at radius 2 is 0.889 bits per heavy atom. The summed E-state index contributed by atoms with van der Waals surface area (Å²) in [7, 11) is 0. The minimum atomic E-state index is -0.351. The molecule has 0 atom stereocenters. The van der Waals surface area contributed by atoms with E-state index >= 15 is 0 Å². The van der Waals surface area contributed by atoms with Gasteiger partial charge in [-0.05, 0) is 74.6 Å². The van der Waals surface area contributed by atoms with Gasteiger partial charge < -0.3 is 4.74 Å². The highest BCUT2D eigenvalue weighted by Gasteiger charge is 2.32. The van der Waals surface area contributed by atoms with Gasteiger partial charge >= 0.3 is 0 Å². The van der Waals surface area contributed by atoms with E-state index in [1.165, 1.54) is 22.3 Å². The maximum absolute atomic E-state index is 6.64. The van der Waals surface area contributed by atoms with Crippen LogP contribution in [0.5, 0.6) is 0 Å². The fraction of sp³-hybridized carbons (Fsp3) is 0.538. The molecule has 27 heavy (non-hydrogen) atoms. The highest BCUT2D eigenvalue weighted by Crippen LogP contribution is 2.36. The molecule has 0 saturated carbocycles. The van der Waals surface area contributed by atoms with Crippen LogP contribution in [0.4, 0.5) is 0 Å². The topological polar surface area (TPSA) is 9.23 Å². The highest BCUT2D eigenvalue weighted by atomic mass is 16.5. The molecule has 0 amide bonds. The zero-order chi connectivity index (χ0) is 20.2. The van der Waals surface area contributed by atoms with E-state index in [1.54, 1.807) is 0 Å². The van der Waals surface area contributed by atoms with Crippen molar-refractivity contribution in [1.82, 2.24) is 0 Å². The van der Waals surface area contributed by atoms with E-state index in [1.807, 2.05) is 0 Å². The van der Waals surface area contributed by atoms with Crippen LogP contribution in [0, 0.1) is 11.8 Å². The second-order valence-electron chi connectivity index (χ2n) is 9.71. The van der Waals surface area contributed by atoms with Crippen LogP contribution >= 0.6 is 0 Å². The third-order valence-corrected chi connectivity index (χ3v) is 5.10. The van der Waals surface area contributed by atoms with Crippen LogP contribution in [0.25, 0.3) is 0 Å². The summed E-state index contributed by atoms with van der Waals surface area (Å²) in [5.74, 6) is 1.36. The number of hydrogen-bond acceptors (Lipinski definition) is 1. The molecule has 2 aromatic carbocycles. The van der Waals surface area contributed by atoms with Crippen molar-refractivity contribution in [3.8, 4) is 0 Å². The van der Waals surface area contributed by atoms with Gasteiger partial charge in [0.25, 0.3) is 0 Å². The third kappa shape index (κ3) is 6.21. The molecule has 1 nitrogen and oxygen atoms in total. The second kappa shape index (κ2) is 8.61. The first kappa shape index (κ1) is 21.7. The van der Waals surface area contributed by atoms with Crippen LogP contribution in [-0.4, -0.2) is 0 Å². The van der Waals surface area contributed by atoms with E-state index in [9.17, 15) is 0 Å². The van der Waals surface area contributed by atoms with Crippen LogP contribution in [0.1, 0.15) is 77.6 Å². The van der Waals surface area contributed by atoms with Crippen molar-refractivity contribution in [2.45, 2.75) is 79.4 Å². The van der Waals surface area contributed by atoms with Crippen molar-refractivity contribution in [1.29, 1.82) is 0 Å². The lowest BCUT2D eigenvalue weighted by atomic mass is 9.91. The first-order valence-electron chi connectivity index (χ1n) is 10.4. The second-order valence-corrected chi connectivity index (χ2v) is 9.71. The predicted molar refractivity (Wildman–Crippen MR) is 117 cm³/mol. The number of ether oxygens (including phenoxy) is 1. The zero-order valence-electron chi connectivity index (χ0n) is 18.6. The molecule has 0 bridgehead atoms. The molecule has 0 aromatic heterocycles. The molecule has 0 saturated heterocycles. The van der Waals surface area contributed by atoms with E-state index in [2.05, 4.69) is 104 Å². The molecule has 0 unspecified atom stereocenters. The molecule has 0 heterocycles.